The average molecular weight is 280 g/mol. The summed E-state index contributed by atoms with van der Waals surface area (Å²) >= 11 is 0. The zero-order chi connectivity index (χ0) is 14.6. The van der Waals surface area contributed by atoms with Crippen molar-refractivity contribution in [3.8, 4) is 0 Å². The van der Waals surface area contributed by atoms with Crippen LogP contribution in [-0.2, 0) is 19.3 Å². The lowest BCUT2D eigenvalue weighted by Crippen LogP contribution is -2.17. The molecule has 0 aliphatic heterocycles. The van der Waals surface area contributed by atoms with E-state index in [9.17, 15) is 13.2 Å². The summed E-state index contributed by atoms with van der Waals surface area (Å²) in [4.78, 5) is 5.89. The third kappa shape index (κ3) is 4.06. The molecule has 2 rings (SSSR count). The molecular formula is C15H15F3N2. The molecule has 5 heteroatoms. The van der Waals surface area contributed by atoms with Crippen LogP contribution >= 0.6 is 0 Å². The van der Waals surface area contributed by atoms with Gasteiger partial charge in [0.2, 0.25) is 0 Å². The average Bonchev–Trinajstić information content (AvgIpc) is 2.39. The molecular weight excluding hydrogens is 265 g/mol. The Kier molecular flexibility index (Phi) is 4.39. The Morgan fingerprint density at radius 3 is 2.30 bits per heavy atom. The fraction of sp³-hybridized carbons (Fsp3) is 0.267. The van der Waals surface area contributed by atoms with Crippen LogP contribution in [0, 0.1) is 0 Å². The van der Waals surface area contributed by atoms with Gasteiger partial charge in [-0.3, -0.25) is 9.88 Å². The van der Waals surface area contributed by atoms with E-state index in [2.05, 4.69) is 4.98 Å². The lowest BCUT2D eigenvalue weighted by atomic mass is 10.1. The van der Waals surface area contributed by atoms with Crippen LogP contribution in [0.15, 0.2) is 48.8 Å². The highest BCUT2D eigenvalue weighted by atomic mass is 19.4. The lowest BCUT2D eigenvalue weighted by molar-refractivity contribution is -0.137. The van der Waals surface area contributed by atoms with Crippen molar-refractivity contribution in [2.75, 3.05) is 7.05 Å². The first-order valence-corrected chi connectivity index (χ1v) is 6.19. The molecule has 0 unspecified atom stereocenters. The monoisotopic (exact) mass is 280 g/mol. The van der Waals surface area contributed by atoms with Gasteiger partial charge in [-0.2, -0.15) is 13.2 Å². The quantitative estimate of drug-likeness (QED) is 0.848. The second-order valence-electron chi connectivity index (χ2n) is 4.73. The highest BCUT2D eigenvalue weighted by molar-refractivity contribution is 5.25. The molecule has 0 saturated carbocycles. The van der Waals surface area contributed by atoms with Gasteiger partial charge < -0.3 is 0 Å². The van der Waals surface area contributed by atoms with Crippen LogP contribution in [0.5, 0.6) is 0 Å². The largest absolute Gasteiger partial charge is 0.416 e. The van der Waals surface area contributed by atoms with E-state index in [0.717, 1.165) is 11.6 Å². The highest BCUT2D eigenvalue weighted by Crippen LogP contribution is 2.29. The van der Waals surface area contributed by atoms with E-state index in [1.54, 1.807) is 18.5 Å². The number of halogens is 3. The molecule has 2 aromatic rings. The molecule has 0 radical (unpaired) electrons. The Balaban J connectivity index is 2.03. The van der Waals surface area contributed by atoms with Gasteiger partial charge >= 0.3 is 6.18 Å². The summed E-state index contributed by atoms with van der Waals surface area (Å²) in [6, 6.07) is 9.22. The van der Waals surface area contributed by atoms with Gasteiger partial charge in [-0.1, -0.05) is 18.2 Å². The molecule has 0 N–H and O–H groups in total. The summed E-state index contributed by atoms with van der Waals surface area (Å²) in [5.74, 6) is 0. The summed E-state index contributed by atoms with van der Waals surface area (Å²) in [7, 11) is 1.88. The molecule has 106 valence electrons. The molecule has 20 heavy (non-hydrogen) atoms. The van der Waals surface area contributed by atoms with Gasteiger partial charge in [-0.05, 0) is 36.4 Å². The Bertz CT molecular complexity index is 553. The van der Waals surface area contributed by atoms with Crippen molar-refractivity contribution >= 4 is 0 Å². The number of rotatable bonds is 4. The molecule has 0 saturated heterocycles. The number of benzene rings is 1. The molecule has 1 aromatic carbocycles. The minimum absolute atomic E-state index is 0.465. The van der Waals surface area contributed by atoms with Crippen molar-refractivity contribution in [2.45, 2.75) is 19.3 Å². The number of nitrogens with zero attached hydrogens (tertiary/aromatic N) is 2. The molecule has 0 bridgehead atoms. The van der Waals surface area contributed by atoms with Crippen molar-refractivity contribution in [2.24, 2.45) is 0 Å². The lowest BCUT2D eigenvalue weighted by Gasteiger charge is -2.17. The fourth-order valence-corrected chi connectivity index (χ4v) is 2.01. The van der Waals surface area contributed by atoms with E-state index in [1.807, 2.05) is 24.1 Å². The number of alkyl halides is 3. The summed E-state index contributed by atoms with van der Waals surface area (Å²) in [6.07, 6.45) is -0.888. The highest BCUT2D eigenvalue weighted by Gasteiger charge is 2.30. The van der Waals surface area contributed by atoms with Gasteiger partial charge in [-0.25, -0.2) is 0 Å². The molecule has 0 aliphatic rings. The van der Waals surface area contributed by atoms with Crippen molar-refractivity contribution in [3.63, 3.8) is 0 Å². The normalized spacial score (nSPS) is 11.8. The van der Waals surface area contributed by atoms with Crippen molar-refractivity contribution in [3.05, 3.63) is 65.5 Å². The first-order valence-electron chi connectivity index (χ1n) is 6.19. The van der Waals surface area contributed by atoms with Crippen LogP contribution in [0.2, 0.25) is 0 Å². The Morgan fingerprint density at radius 1 is 1.00 bits per heavy atom. The predicted molar refractivity (Wildman–Crippen MR) is 70.9 cm³/mol. The third-order valence-electron chi connectivity index (χ3n) is 2.91. The minimum atomic E-state index is -4.29. The zero-order valence-corrected chi connectivity index (χ0v) is 11.1. The van der Waals surface area contributed by atoms with Gasteiger partial charge in [0.15, 0.2) is 0 Å². The molecule has 0 amide bonds. The van der Waals surface area contributed by atoms with E-state index in [-0.39, 0.29) is 0 Å². The Hall–Kier alpha value is -1.88. The van der Waals surface area contributed by atoms with E-state index < -0.39 is 11.7 Å². The van der Waals surface area contributed by atoms with E-state index in [1.165, 1.54) is 12.1 Å². The third-order valence-corrected chi connectivity index (χ3v) is 2.91. The van der Waals surface area contributed by atoms with Crippen molar-refractivity contribution < 1.29 is 13.2 Å². The van der Waals surface area contributed by atoms with Crippen molar-refractivity contribution in [1.82, 2.24) is 9.88 Å². The van der Waals surface area contributed by atoms with Crippen LogP contribution < -0.4 is 0 Å². The number of aromatic nitrogens is 1. The maximum Gasteiger partial charge on any atom is 0.416 e. The van der Waals surface area contributed by atoms with Gasteiger partial charge in [0.1, 0.15) is 0 Å². The molecule has 0 aliphatic carbocycles. The second-order valence-corrected chi connectivity index (χ2v) is 4.73. The molecule has 1 aromatic heterocycles. The SMILES string of the molecule is CN(Cc1ccncc1)Cc1cccc(C(F)(F)F)c1. The van der Waals surface area contributed by atoms with Gasteiger partial charge in [-0.15, -0.1) is 0 Å². The van der Waals surface area contributed by atoms with Crippen LogP contribution in [0.25, 0.3) is 0 Å². The molecule has 0 atom stereocenters. The number of hydrogen-bond acceptors (Lipinski definition) is 2. The minimum Gasteiger partial charge on any atom is -0.298 e. The predicted octanol–water partition coefficient (Wildman–Crippen LogP) is 3.73. The second kappa shape index (κ2) is 6.05. The first kappa shape index (κ1) is 14.5. The van der Waals surface area contributed by atoms with Gasteiger partial charge in [0, 0.05) is 25.5 Å². The van der Waals surface area contributed by atoms with Crippen LogP contribution in [0.1, 0.15) is 16.7 Å². The van der Waals surface area contributed by atoms with Gasteiger partial charge in [0.25, 0.3) is 0 Å². The molecule has 0 spiro atoms. The topological polar surface area (TPSA) is 16.1 Å². The summed E-state index contributed by atoms with van der Waals surface area (Å²) < 4.78 is 37.9. The standard InChI is InChI=1S/C15H15F3N2/c1-20(10-12-5-7-19-8-6-12)11-13-3-2-4-14(9-13)15(16,17)18/h2-9H,10-11H2,1H3. The van der Waals surface area contributed by atoms with E-state index in [0.29, 0.717) is 18.7 Å². The molecule has 1 heterocycles. The van der Waals surface area contributed by atoms with E-state index >= 15 is 0 Å². The Labute approximate surface area is 115 Å². The number of hydrogen-bond donors (Lipinski definition) is 0. The maximum absolute atomic E-state index is 12.6. The van der Waals surface area contributed by atoms with Crippen LogP contribution in [0.4, 0.5) is 13.2 Å². The zero-order valence-electron chi connectivity index (χ0n) is 11.1. The molecule has 2 nitrogen and oxygen atoms in total. The van der Waals surface area contributed by atoms with E-state index in [4.69, 9.17) is 0 Å². The summed E-state index contributed by atoms with van der Waals surface area (Å²) in [5.41, 5.74) is 1.12. The maximum atomic E-state index is 12.6. The van der Waals surface area contributed by atoms with Crippen LogP contribution in [-0.4, -0.2) is 16.9 Å². The van der Waals surface area contributed by atoms with Crippen molar-refractivity contribution in [1.29, 1.82) is 0 Å². The molecule has 0 fully saturated rings. The van der Waals surface area contributed by atoms with Crippen LogP contribution in [0.3, 0.4) is 0 Å². The first-order chi connectivity index (χ1) is 9.45. The fourth-order valence-electron chi connectivity index (χ4n) is 2.01. The van der Waals surface area contributed by atoms with Gasteiger partial charge in [0.05, 0.1) is 5.56 Å². The number of pyridine rings is 1. The summed E-state index contributed by atoms with van der Waals surface area (Å²) in [5, 5.41) is 0. The smallest absolute Gasteiger partial charge is 0.298 e. The Morgan fingerprint density at radius 2 is 1.65 bits per heavy atom. The summed E-state index contributed by atoms with van der Waals surface area (Å²) in [6.45, 7) is 1.13.